The highest BCUT2D eigenvalue weighted by molar-refractivity contribution is 7.09. The Morgan fingerprint density at radius 1 is 1.33 bits per heavy atom. The molecule has 8 heteroatoms. The molecule has 1 atom stereocenters. The molecule has 1 saturated heterocycles. The second-order valence-corrected chi connectivity index (χ2v) is 7.47. The summed E-state index contributed by atoms with van der Waals surface area (Å²) in [5.74, 6) is 0.0185. The Hall–Kier alpha value is -2.45. The molecule has 0 bridgehead atoms. The van der Waals surface area contributed by atoms with Gasteiger partial charge in [0.05, 0.1) is 17.6 Å². The van der Waals surface area contributed by atoms with Gasteiger partial charge >= 0.3 is 0 Å². The highest BCUT2D eigenvalue weighted by Gasteiger charge is 2.23. The number of nitrogens with zero attached hydrogens (tertiary/aromatic N) is 2. The summed E-state index contributed by atoms with van der Waals surface area (Å²) >= 11 is 1.63. The largest absolute Gasteiger partial charge is 0.379 e. The number of carbonyl (C=O) groups excluding carboxylic acids is 1. The molecule has 2 heterocycles. The van der Waals surface area contributed by atoms with E-state index in [1.165, 1.54) is 6.07 Å². The van der Waals surface area contributed by atoms with Crippen LogP contribution < -0.4 is 5.32 Å². The number of amides is 1. The fraction of sp³-hybridized carbons (Fsp3) is 0.421. The van der Waals surface area contributed by atoms with Crippen LogP contribution in [0.4, 0.5) is 11.4 Å². The second kappa shape index (κ2) is 9.48. The van der Waals surface area contributed by atoms with Crippen LogP contribution in [0.3, 0.4) is 0 Å². The number of para-hydroxylation sites is 2. The monoisotopic (exact) mass is 389 g/mol. The van der Waals surface area contributed by atoms with E-state index in [2.05, 4.69) is 5.32 Å². The molecule has 27 heavy (non-hydrogen) atoms. The zero-order valence-corrected chi connectivity index (χ0v) is 15.8. The van der Waals surface area contributed by atoms with Crippen LogP contribution in [-0.2, 0) is 16.1 Å². The summed E-state index contributed by atoms with van der Waals surface area (Å²) < 4.78 is 5.69. The summed E-state index contributed by atoms with van der Waals surface area (Å²) in [5.41, 5.74) is 0.443. The summed E-state index contributed by atoms with van der Waals surface area (Å²) in [6.45, 7) is 2.26. The lowest BCUT2D eigenvalue weighted by molar-refractivity contribution is -0.384. The maximum Gasteiger partial charge on any atom is 0.292 e. The van der Waals surface area contributed by atoms with Crippen molar-refractivity contribution < 1.29 is 14.5 Å². The van der Waals surface area contributed by atoms with Crippen LogP contribution in [0.5, 0.6) is 0 Å². The number of hydrogen-bond donors (Lipinski definition) is 1. The highest BCUT2D eigenvalue weighted by Crippen LogP contribution is 2.23. The van der Waals surface area contributed by atoms with Gasteiger partial charge in [0, 0.05) is 37.1 Å². The fourth-order valence-corrected chi connectivity index (χ4v) is 3.84. The zero-order chi connectivity index (χ0) is 19.1. The van der Waals surface area contributed by atoms with Crippen LogP contribution in [0.25, 0.3) is 0 Å². The van der Waals surface area contributed by atoms with E-state index < -0.39 is 4.92 Å². The molecule has 1 aromatic carbocycles. The quantitative estimate of drug-likeness (QED) is 0.522. The van der Waals surface area contributed by atoms with Gasteiger partial charge in [0.15, 0.2) is 0 Å². The Bertz CT molecular complexity index is 760. The molecule has 1 amide bonds. The number of nitro benzene ring substituents is 1. The van der Waals surface area contributed by atoms with Crippen LogP contribution in [-0.4, -0.2) is 41.5 Å². The minimum atomic E-state index is -0.426. The molecule has 1 unspecified atom stereocenters. The van der Waals surface area contributed by atoms with Crippen LogP contribution in [0.2, 0.25) is 0 Å². The van der Waals surface area contributed by atoms with Gasteiger partial charge < -0.3 is 15.0 Å². The Balaban J connectivity index is 1.57. The van der Waals surface area contributed by atoms with E-state index in [-0.39, 0.29) is 24.1 Å². The van der Waals surface area contributed by atoms with Crippen LogP contribution in [0, 0.1) is 10.1 Å². The van der Waals surface area contributed by atoms with E-state index in [4.69, 9.17) is 4.74 Å². The third-order valence-corrected chi connectivity index (χ3v) is 5.34. The predicted octanol–water partition coefficient (Wildman–Crippen LogP) is 3.67. The standard InChI is InChI=1S/C19H23N3O4S/c23-19(9-10-20-17-7-1-2-8-18(17)22(24)25)21(13-15-5-3-11-26-15)14-16-6-4-12-27-16/h1-2,4,6-8,12,15,20H,3,5,9-11,13-14H2. The second-order valence-electron chi connectivity index (χ2n) is 6.44. The van der Waals surface area contributed by atoms with Gasteiger partial charge in [-0.25, -0.2) is 0 Å². The SMILES string of the molecule is O=C(CCNc1ccccc1[N+](=O)[O-])N(Cc1cccs1)CC1CCCO1. The molecule has 3 rings (SSSR count). The molecule has 0 aliphatic carbocycles. The number of nitro groups is 1. The van der Waals surface area contributed by atoms with Crippen LogP contribution >= 0.6 is 11.3 Å². The third kappa shape index (κ3) is 5.51. The van der Waals surface area contributed by atoms with Crippen molar-refractivity contribution in [2.75, 3.05) is 25.0 Å². The lowest BCUT2D eigenvalue weighted by Crippen LogP contribution is -2.37. The van der Waals surface area contributed by atoms with Gasteiger partial charge in [-0.2, -0.15) is 0 Å². The molecule has 144 valence electrons. The van der Waals surface area contributed by atoms with Gasteiger partial charge in [0.2, 0.25) is 5.91 Å². The first-order valence-corrected chi connectivity index (χ1v) is 9.90. The van der Waals surface area contributed by atoms with Crippen molar-refractivity contribution in [3.63, 3.8) is 0 Å². The van der Waals surface area contributed by atoms with Gasteiger partial charge in [-0.3, -0.25) is 14.9 Å². The molecular weight excluding hydrogens is 366 g/mol. The average Bonchev–Trinajstić information content (AvgIpc) is 3.35. The van der Waals surface area contributed by atoms with Crippen molar-refractivity contribution in [2.24, 2.45) is 0 Å². The fourth-order valence-electron chi connectivity index (χ4n) is 3.12. The predicted molar refractivity (Wildman–Crippen MR) is 105 cm³/mol. The molecule has 0 radical (unpaired) electrons. The minimum Gasteiger partial charge on any atom is -0.379 e. The van der Waals surface area contributed by atoms with Gasteiger partial charge in [-0.1, -0.05) is 18.2 Å². The van der Waals surface area contributed by atoms with E-state index in [9.17, 15) is 14.9 Å². The number of hydrogen-bond acceptors (Lipinski definition) is 6. The number of ether oxygens (including phenoxy) is 1. The van der Waals surface area contributed by atoms with E-state index in [1.807, 2.05) is 22.4 Å². The summed E-state index contributed by atoms with van der Waals surface area (Å²) in [6, 6.07) is 10.5. The van der Waals surface area contributed by atoms with Gasteiger partial charge in [0.1, 0.15) is 5.69 Å². The Labute approximate surface area is 162 Å². The molecule has 1 aliphatic heterocycles. The molecule has 2 aromatic rings. The Morgan fingerprint density at radius 3 is 2.89 bits per heavy atom. The Kier molecular flexibility index (Phi) is 6.78. The van der Waals surface area contributed by atoms with Crippen molar-refractivity contribution in [3.8, 4) is 0 Å². The maximum atomic E-state index is 12.8. The number of nitrogens with one attached hydrogen (secondary N) is 1. The van der Waals surface area contributed by atoms with Gasteiger partial charge in [-0.05, 0) is 30.4 Å². The lowest BCUT2D eigenvalue weighted by Gasteiger charge is -2.25. The van der Waals surface area contributed by atoms with Crippen molar-refractivity contribution >= 4 is 28.6 Å². The minimum absolute atomic E-state index is 0.0137. The summed E-state index contributed by atoms with van der Waals surface area (Å²) in [4.78, 5) is 26.4. The number of anilines is 1. The lowest BCUT2D eigenvalue weighted by atomic mass is 10.2. The van der Waals surface area contributed by atoms with Crippen LogP contribution in [0.15, 0.2) is 41.8 Å². The summed E-state index contributed by atoms with van der Waals surface area (Å²) in [7, 11) is 0. The van der Waals surface area contributed by atoms with Crippen molar-refractivity contribution in [2.45, 2.75) is 31.9 Å². The molecule has 1 fully saturated rings. The normalized spacial score (nSPS) is 16.2. The smallest absolute Gasteiger partial charge is 0.292 e. The number of thiophene rings is 1. The first-order valence-electron chi connectivity index (χ1n) is 9.02. The third-order valence-electron chi connectivity index (χ3n) is 4.48. The van der Waals surface area contributed by atoms with Gasteiger partial charge in [0.25, 0.3) is 5.69 Å². The van der Waals surface area contributed by atoms with E-state index in [0.717, 1.165) is 24.3 Å². The van der Waals surface area contributed by atoms with Crippen molar-refractivity contribution in [1.82, 2.24) is 4.90 Å². The number of rotatable bonds is 9. The molecule has 1 N–H and O–H groups in total. The topological polar surface area (TPSA) is 84.7 Å². The zero-order valence-electron chi connectivity index (χ0n) is 15.0. The molecule has 1 aromatic heterocycles. The average molecular weight is 389 g/mol. The molecule has 0 spiro atoms. The number of carbonyl (C=O) groups is 1. The van der Waals surface area contributed by atoms with Crippen molar-refractivity contribution in [1.29, 1.82) is 0 Å². The molecule has 0 saturated carbocycles. The molecule has 1 aliphatic rings. The van der Waals surface area contributed by atoms with E-state index in [1.54, 1.807) is 29.5 Å². The summed E-state index contributed by atoms with van der Waals surface area (Å²) in [6.07, 6.45) is 2.37. The first-order chi connectivity index (χ1) is 13.1. The maximum absolute atomic E-state index is 12.8. The van der Waals surface area contributed by atoms with E-state index in [0.29, 0.717) is 25.3 Å². The highest BCUT2D eigenvalue weighted by atomic mass is 32.1. The molecule has 7 nitrogen and oxygen atoms in total. The van der Waals surface area contributed by atoms with E-state index >= 15 is 0 Å². The Morgan fingerprint density at radius 2 is 2.19 bits per heavy atom. The summed E-state index contributed by atoms with van der Waals surface area (Å²) in [5, 5.41) is 16.1. The molecular formula is C19H23N3O4S. The van der Waals surface area contributed by atoms with Gasteiger partial charge in [-0.15, -0.1) is 11.3 Å². The van der Waals surface area contributed by atoms with Crippen molar-refractivity contribution in [3.05, 3.63) is 56.8 Å². The van der Waals surface area contributed by atoms with Crippen LogP contribution in [0.1, 0.15) is 24.1 Å². The first kappa shape index (κ1) is 19.3. The number of benzene rings is 1.